The van der Waals surface area contributed by atoms with Gasteiger partial charge in [0.2, 0.25) is 5.91 Å². The Balaban J connectivity index is 0.00000200. The van der Waals surface area contributed by atoms with E-state index in [0.29, 0.717) is 0 Å². The van der Waals surface area contributed by atoms with E-state index < -0.39 is 0 Å². The number of hydrogen-bond donors (Lipinski definition) is 1. The number of amides is 1. The zero-order valence-electron chi connectivity index (χ0n) is 12.7. The van der Waals surface area contributed by atoms with Crippen LogP contribution >= 0.6 is 12.4 Å². The van der Waals surface area contributed by atoms with E-state index in [9.17, 15) is 4.79 Å². The average molecular weight is 304 g/mol. The lowest BCUT2D eigenvalue weighted by molar-refractivity contribution is -0.133. The van der Waals surface area contributed by atoms with E-state index in [0.717, 1.165) is 19.0 Å². The third kappa shape index (κ3) is 5.23. The van der Waals surface area contributed by atoms with Crippen LogP contribution in [0.3, 0.4) is 0 Å². The van der Waals surface area contributed by atoms with Gasteiger partial charge in [-0.25, -0.2) is 0 Å². The molecule has 2 fully saturated rings. The first-order valence-electron chi connectivity index (χ1n) is 7.93. The van der Waals surface area contributed by atoms with Crippen molar-refractivity contribution in [2.24, 2.45) is 11.7 Å². The third-order valence-electron chi connectivity index (χ3n) is 4.60. The average Bonchev–Trinajstić information content (AvgIpc) is 2.92. The molecular weight excluding hydrogens is 274 g/mol. The number of carbonyl (C=O) groups is 1. The van der Waals surface area contributed by atoms with Crippen molar-refractivity contribution in [2.45, 2.75) is 51.5 Å². The number of piperidine rings is 1. The molecule has 2 rings (SSSR count). The van der Waals surface area contributed by atoms with Crippen LogP contribution in [-0.2, 0) is 4.79 Å². The minimum atomic E-state index is -0.341. The Morgan fingerprint density at radius 3 is 2.35 bits per heavy atom. The Morgan fingerprint density at radius 2 is 1.80 bits per heavy atom. The maximum atomic E-state index is 11.8. The highest BCUT2D eigenvalue weighted by atomic mass is 35.5. The molecule has 5 heteroatoms. The number of rotatable bonds is 5. The summed E-state index contributed by atoms with van der Waals surface area (Å²) in [7, 11) is 0. The van der Waals surface area contributed by atoms with Gasteiger partial charge in [-0.1, -0.05) is 0 Å². The summed E-state index contributed by atoms with van der Waals surface area (Å²) in [6.07, 6.45) is 7.76. The van der Waals surface area contributed by atoms with Gasteiger partial charge in [-0.2, -0.15) is 0 Å². The maximum absolute atomic E-state index is 11.8. The van der Waals surface area contributed by atoms with Crippen LogP contribution < -0.4 is 5.73 Å². The van der Waals surface area contributed by atoms with E-state index in [1.807, 2.05) is 4.90 Å². The minimum Gasteiger partial charge on any atom is -0.341 e. The zero-order valence-corrected chi connectivity index (χ0v) is 13.5. The Kier molecular flexibility index (Phi) is 7.85. The molecule has 1 unspecified atom stereocenters. The van der Waals surface area contributed by atoms with Gasteiger partial charge in [0.15, 0.2) is 0 Å². The van der Waals surface area contributed by atoms with E-state index in [-0.39, 0.29) is 24.4 Å². The molecule has 2 aliphatic rings. The van der Waals surface area contributed by atoms with Crippen LogP contribution in [0.5, 0.6) is 0 Å². The fourth-order valence-corrected chi connectivity index (χ4v) is 3.34. The smallest absolute Gasteiger partial charge is 0.239 e. The van der Waals surface area contributed by atoms with Crippen LogP contribution in [0.25, 0.3) is 0 Å². The minimum absolute atomic E-state index is 0. The van der Waals surface area contributed by atoms with Crippen molar-refractivity contribution in [3.63, 3.8) is 0 Å². The van der Waals surface area contributed by atoms with Gasteiger partial charge in [0, 0.05) is 13.1 Å². The lowest BCUT2D eigenvalue weighted by atomic mass is 9.92. The Hall–Kier alpha value is -0.320. The first kappa shape index (κ1) is 17.7. The van der Waals surface area contributed by atoms with Gasteiger partial charge < -0.3 is 15.5 Å². The summed E-state index contributed by atoms with van der Waals surface area (Å²) in [6.45, 7) is 7.50. The highest BCUT2D eigenvalue weighted by Crippen LogP contribution is 2.22. The predicted octanol–water partition coefficient (Wildman–Crippen LogP) is 1.87. The van der Waals surface area contributed by atoms with Crippen LogP contribution in [0.2, 0.25) is 0 Å². The predicted molar refractivity (Wildman–Crippen MR) is 85.1 cm³/mol. The van der Waals surface area contributed by atoms with Gasteiger partial charge in [0.1, 0.15) is 0 Å². The molecule has 0 aromatic carbocycles. The summed E-state index contributed by atoms with van der Waals surface area (Å²) < 4.78 is 0. The van der Waals surface area contributed by atoms with Crippen molar-refractivity contribution in [1.29, 1.82) is 0 Å². The fraction of sp³-hybridized carbons (Fsp3) is 0.933. The number of halogens is 1. The van der Waals surface area contributed by atoms with Crippen molar-refractivity contribution in [2.75, 3.05) is 32.7 Å². The highest BCUT2D eigenvalue weighted by Gasteiger charge is 2.24. The molecule has 0 spiro atoms. The standard InChI is InChI=1S/C15H29N3O.ClH/c1-13(16)15(19)18-11-6-14(7-12-18)5-4-10-17-8-2-3-9-17;/h13-14H,2-12,16H2,1H3;1H. The first-order valence-corrected chi connectivity index (χ1v) is 7.93. The second-order valence-corrected chi connectivity index (χ2v) is 6.25. The molecule has 2 heterocycles. The summed E-state index contributed by atoms with van der Waals surface area (Å²) in [5.41, 5.74) is 5.65. The SMILES string of the molecule is CC(N)C(=O)N1CCC(CCCN2CCCC2)CC1.Cl. The van der Waals surface area contributed by atoms with Gasteiger partial charge in [-0.05, 0) is 71.0 Å². The van der Waals surface area contributed by atoms with Crippen LogP contribution in [0.1, 0.15) is 45.4 Å². The van der Waals surface area contributed by atoms with Crippen LogP contribution in [0, 0.1) is 5.92 Å². The van der Waals surface area contributed by atoms with Gasteiger partial charge >= 0.3 is 0 Å². The number of likely N-dealkylation sites (tertiary alicyclic amines) is 2. The molecule has 0 bridgehead atoms. The largest absolute Gasteiger partial charge is 0.341 e. The molecule has 118 valence electrons. The van der Waals surface area contributed by atoms with E-state index in [2.05, 4.69) is 4.90 Å². The van der Waals surface area contributed by atoms with E-state index in [1.54, 1.807) is 6.92 Å². The monoisotopic (exact) mass is 303 g/mol. The molecule has 20 heavy (non-hydrogen) atoms. The summed E-state index contributed by atoms with van der Waals surface area (Å²) in [5.74, 6) is 0.940. The molecule has 0 aromatic heterocycles. The molecule has 4 nitrogen and oxygen atoms in total. The normalized spacial score (nSPS) is 22.6. The van der Waals surface area contributed by atoms with E-state index in [4.69, 9.17) is 5.73 Å². The van der Waals surface area contributed by atoms with E-state index >= 15 is 0 Å². The lowest BCUT2D eigenvalue weighted by Gasteiger charge is -2.33. The van der Waals surface area contributed by atoms with Crippen molar-refractivity contribution in [3.05, 3.63) is 0 Å². The number of hydrogen-bond acceptors (Lipinski definition) is 3. The second-order valence-electron chi connectivity index (χ2n) is 6.25. The Bertz CT molecular complexity index is 285. The summed E-state index contributed by atoms with van der Waals surface area (Å²) >= 11 is 0. The highest BCUT2D eigenvalue weighted by molar-refractivity contribution is 5.85. The van der Waals surface area contributed by atoms with Gasteiger partial charge in [0.05, 0.1) is 6.04 Å². The molecule has 1 atom stereocenters. The van der Waals surface area contributed by atoms with Crippen LogP contribution in [0.15, 0.2) is 0 Å². The van der Waals surface area contributed by atoms with Gasteiger partial charge in [-0.3, -0.25) is 4.79 Å². The maximum Gasteiger partial charge on any atom is 0.239 e. The third-order valence-corrected chi connectivity index (χ3v) is 4.60. The molecule has 0 aromatic rings. The lowest BCUT2D eigenvalue weighted by Crippen LogP contribution is -2.45. The van der Waals surface area contributed by atoms with Crippen LogP contribution in [0.4, 0.5) is 0 Å². The molecule has 2 N–H and O–H groups in total. The van der Waals surface area contributed by atoms with Crippen molar-refractivity contribution >= 4 is 18.3 Å². The Morgan fingerprint density at radius 1 is 1.20 bits per heavy atom. The Labute approximate surface area is 129 Å². The molecule has 2 aliphatic heterocycles. The summed E-state index contributed by atoms with van der Waals surface area (Å²) in [5, 5.41) is 0. The van der Waals surface area contributed by atoms with Crippen molar-refractivity contribution in [1.82, 2.24) is 9.80 Å². The van der Waals surface area contributed by atoms with Gasteiger partial charge in [0.25, 0.3) is 0 Å². The number of carbonyl (C=O) groups excluding carboxylic acids is 1. The number of nitrogens with zero attached hydrogens (tertiary/aromatic N) is 2. The molecular formula is C15H30ClN3O. The quantitative estimate of drug-likeness (QED) is 0.843. The fourth-order valence-electron chi connectivity index (χ4n) is 3.34. The first-order chi connectivity index (χ1) is 9.16. The molecule has 0 radical (unpaired) electrons. The molecule has 1 amide bonds. The summed E-state index contributed by atoms with van der Waals surface area (Å²) in [6, 6.07) is -0.341. The van der Waals surface area contributed by atoms with Crippen molar-refractivity contribution < 1.29 is 4.79 Å². The van der Waals surface area contributed by atoms with E-state index in [1.165, 1.54) is 58.2 Å². The topological polar surface area (TPSA) is 49.6 Å². The molecule has 2 saturated heterocycles. The van der Waals surface area contributed by atoms with Gasteiger partial charge in [-0.15, -0.1) is 12.4 Å². The molecule has 0 aliphatic carbocycles. The van der Waals surface area contributed by atoms with Crippen molar-refractivity contribution in [3.8, 4) is 0 Å². The zero-order chi connectivity index (χ0) is 13.7. The second kappa shape index (κ2) is 8.85. The molecule has 0 saturated carbocycles. The summed E-state index contributed by atoms with van der Waals surface area (Å²) in [4.78, 5) is 16.3. The number of nitrogens with two attached hydrogens (primary N) is 1. The van der Waals surface area contributed by atoms with Crippen LogP contribution in [-0.4, -0.2) is 54.5 Å².